The molecule has 1 N–H and O–H groups in total. The van der Waals surface area contributed by atoms with Gasteiger partial charge in [0.25, 0.3) is 5.56 Å². The molecule has 0 saturated carbocycles. The molecule has 132 valence electrons. The minimum atomic E-state index is -0.130. The summed E-state index contributed by atoms with van der Waals surface area (Å²) >= 11 is 0. The quantitative estimate of drug-likeness (QED) is 0.933. The number of urea groups is 1. The lowest BCUT2D eigenvalue weighted by molar-refractivity contribution is 0.194. The van der Waals surface area contributed by atoms with E-state index in [-0.39, 0.29) is 17.7 Å². The van der Waals surface area contributed by atoms with Gasteiger partial charge in [0, 0.05) is 37.5 Å². The summed E-state index contributed by atoms with van der Waals surface area (Å²) in [5, 5.41) is 2.90. The summed E-state index contributed by atoms with van der Waals surface area (Å²) in [6.07, 6.45) is 0.644. The molecule has 6 nitrogen and oxygen atoms in total. The van der Waals surface area contributed by atoms with E-state index in [1.807, 2.05) is 44.2 Å². The van der Waals surface area contributed by atoms with Crippen molar-refractivity contribution >= 4 is 11.7 Å². The fourth-order valence-corrected chi connectivity index (χ4v) is 2.85. The zero-order chi connectivity index (χ0) is 18.0. The highest BCUT2D eigenvalue weighted by Crippen LogP contribution is 2.19. The van der Waals surface area contributed by atoms with Crippen LogP contribution in [0.2, 0.25) is 0 Å². The number of hydrogen-bond donors (Lipinski definition) is 1. The highest BCUT2D eigenvalue weighted by molar-refractivity contribution is 5.89. The first kappa shape index (κ1) is 17.1. The van der Waals surface area contributed by atoms with Gasteiger partial charge in [0.05, 0.1) is 6.54 Å². The van der Waals surface area contributed by atoms with Crippen molar-refractivity contribution in [2.24, 2.45) is 7.05 Å². The molecule has 1 saturated heterocycles. The smallest absolute Gasteiger partial charge is 0.321 e. The van der Waals surface area contributed by atoms with Crippen molar-refractivity contribution in [3.8, 4) is 5.75 Å². The number of hydrogen-bond acceptors (Lipinski definition) is 3. The third-order valence-electron chi connectivity index (χ3n) is 4.51. The molecule has 1 aliphatic heterocycles. The van der Waals surface area contributed by atoms with Crippen LogP contribution in [0, 0.1) is 13.8 Å². The average molecular weight is 341 g/mol. The van der Waals surface area contributed by atoms with Crippen LogP contribution >= 0.6 is 0 Å². The lowest BCUT2D eigenvalue weighted by Gasteiger charge is -2.18. The van der Waals surface area contributed by atoms with E-state index < -0.39 is 0 Å². The fraction of sp³-hybridized carbons (Fsp3) is 0.368. The number of pyridine rings is 1. The van der Waals surface area contributed by atoms with Crippen molar-refractivity contribution < 1.29 is 9.53 Å². The molecule has 1 aromatic carbocycles. The van der Waals surface area contributed by atoms with Crippen LogP contribution in [-0.2, 0) is 7.05 Å². The molecule has 1 unspecified atom stereocenters. The largest absolute Gasteiger partial charge is 0.488 e. The molecular weight excluding hydrogens is 318 g/mol. The number of likely N-dealkylation sites (tertiary alicyclic amines) is 1. The molecular formula is C19H23N3O3. The summed E-state index contributed by atoms with van der Waals surface area (Å²) in [6.45, 7) is 5.01. The van der Waals surface area contributed by atoms with Crippen LogP contribution < -0.4 is 15.6 Å². The van der Waals surface area contributed by atoms with Gasteiger partial charge in [-0.2, -0.15) is 0 Å². The Balaban J connectivity index is 1.59. The molecule has 1 aromatic heterocycles. The third-order valence-corrected chi connectivity index (χ3v) is 4.51. The van der Waals surface area contributed by atoms with Gasteiger partial charge in [0.2, 0.25) is 0 Å². The maximum Gasteiger partial charge on any atom is 0.321 e. The topological polar surface area (TPSA) is 63.6 Å². The molecule has 25 heavy (non-hydrogen) atoms. The van der Waals surface area contributed by atoms with Crippen LogP contribution in [0.1, 0.15) is 17.7 Å². The van der Waals surface area contributed by atoms with Gasteiger partial charge < -0.3 is 19.5 Å². The van der Waals surface area contributed by atoms with Gasteiger partial charge in [0.15, 0.2) is 0 Å². The van der Waals surface area contributed by atoms with E-state index in [1.54, 1.807) is 16.5 Å². The second-order valence-corrected chi connectivity index (χ2v) is 6.50. The Morgan fingerprint density at radius 3 is 2.60 bits per heavy atom. The number of nitrogens with zero attached hydrogens (tertiary/aromatic N) is 2. The van der Waals surface area contributed by atoms with E-state index in [2.05, 4.69) is 5.32 Å². The number of aromatic nitrogens is 1. The second kappa shape index (κ2) is 7.01. The fourth-order valence-electron chi connectivity index (χ4n) is 2.85. The number of ether oxygens (including phenoxy) is 1. The summed E-state index contributed by atoms with van der Waals surface area (Å²) < 4.78 is 7.48. The molecule has 6 heteroatoms. The number of carbonyl (C=O) groups excluding carboxylic acids is 1. The SMILES string of the molecule is Cc1ccc(NC(=O)N2CCC(Oc3cc(C)n(C)c(=O)c3)C2)cc1. The summed E-state index contributed by atoms with van der Waals surface area (Å²) in [7, 11) is 1.73. The number of aryl methyl sites for hydroxylation is 2. The average Bonchev–Trinajstić information content (AvgIpc) is 3.03. The first-order valence-corrected chi connectivity index (χ1v) is 8.39. The molecule has 0 bridgehead atoms. The van der Waals surface area contributed by atoms with Gasteiger partial charge >= 0.3 is 6.03 Å². The van der Waals surface area contributed by atoms with Gasteiger partial charge in [-0.15, -0.1) is 0 Å². The molecule has 2 heterocycles. The van der Waals surface area contributed by atoms with E-state index in [0.29, 0.717) is 18.8 Å². The normalized spacial score (nSPS) is 16.8. The molecule has 1 aliphatic rings. The Kier molecular flexibility index (Phi) is 4.79. The predicted octanol–water partition coefficient (Wildman–Crippen LogP) is 2.69. The minimum absolute atomic E-state index is 0.0954. The van der Waals surface area contributed by atoms with Crippen molar-refractivity contribution in [1.29, 1.82) is 0 Å². The number of carbonyl (C=O) groups is 1. The summed E-state index contributed by atoms with van der Waals surface area (Å²) in [4.78, 5) is 25.9. The van der Waals surface area contributed by atoms with E-state index in [9.17, 15) is 9.59 Å². The zero-order valence-electron chi connectivity index (χ0n) is 14.8. The van der Waals surface area contributed by atoms with Gasteiger partial charge in [-0.25, -0.2) is 4.79 Å². The highest BCUT2D eigenvalue weighted by Gasteiger charge is 2.27. The second-order valence-electron chi connectivity index (χ2n) is 6.50. The van der Waals surface area contributed by atoms with Crippen molar-refractivity contribution in [3.05, 3.63) is 58.0 Å². The molecule has 0 aliphatic carbocycles. The Morgan fingerprint density at radius 1 is 1.20 bits per heavy atom. The van der Waals surface area contributed by atoms with Crippen LogP contribution in [0.15, 0.2) is 41.2 Å². The summed E-state index contributed by atoms with van der Waals surface area (Å²) in [5.74, 6) is 0.561. The number of nitrogens with one attached hydrogen (secondary N) is 1. The lowest BCUT2D eigenvalue weighted by atomic mass is 10.2. The van der Waals surface area contributed by atoms with Crippen LogP contribution in [0.5, 0.6) is 5.75 Å². The van der Waals surface area contributed by atoms with Crippen LogP contribution in [0.3, 0.4) is 0 Å². The number of amides is 2. The number of rotatable bonds is 3. The van der Waals surface area contributed by atoms with Crippen LogP contribution in [0.25, 0.3) is 0 Å². The Labute approximate surface area is 147 Å². The van der Waals surface area contributed by atoms with Crippen LogP contribution in [0.4, 0.5) is 10.5 Å². The van der Waals surface area contributed by atoms with Gasteiger partial charge in [-0.1, -0.05) is 17.7 Å². The van der Waals surface area contributed by atoms with E-state index >= 15 is 0 Å². The van der Waals surface area contributed by atoms with Crippen molar-refractivity contribution in [2.75, 3.05) is 18.4 Å². The standard InChI is InChI=1S/C19H23N3O3/c1-13-4-6-15(7-5-13)20-19(24)22-9-8-16(12-22)25-17-10-14(2)21(3)18(23)11-17/h4-7,10-11,16H,8-9,12H2,1-3H3,(H,20,24). The highest BCUT2D eigenvalue weighted by atomic mass is 16.5. The Morgan fingerprint density at radius 2 is 1.92 bits per heavy atom. The molecule has 1 atom stereocenters. The van der Waals surface area contributed by atoms with Crippen molar-refractivity contribution in [2.45, 2.75) is 26.4 Å². The first-order valence-electron chi connectivity index (χ1n) is 8.39. The number of anilines is 1. The molecule has 2 aromatic rings. The Hall–Kier alpha value is -2.76. The molecule has 3 rings (SSSR count). The maximum atomic E-state index is 12.4. The van der Waals surface area contributed by atoms with Gasteiger partial charge in [0.1, 0.15) is 11.9 Å². The summed E-state index contributed by atoms with van der Waals surface area (Å²) in [5.41, 5.74) is 2.68. The number of benzene rings is 1. The lowest BCUT2D eigenvalue weighted by Crippen LogP contribution is -2.34. The maximum absolute atomic E-state index is 12.4. The molecule has 2 amide bonds. The first-order chi connectivity index (χ1) is 11.9. The summed E-state index contributed by atoms with van der Waals surface area (Å²) in [6, 6.07) is 10.9. The third kappa shape index (κ3) is 4.02. The zero-order valence-corrected chi connectivity index (χ0v) is 14.8. The monoisotopic (exact) mass is 341 g/mol. The molecule has 0 radical (unpaired) electrons. The molecule has 0 spiro atoms. The Bertz CT molecular complexity index is 827. The molecule has 1 fully saturated rings. The predicted molar refractivity (Wildman–Crippen MR) is 97.2 cm³/mol. The van der Waals surface area contributed by atoms with Gasteiger partial charge in [-0.05, 0) is 32.0 Å². The van der Waals surface area contributed by atoms with E-state index in [4.69, 9.17) is 4.74 Å². The van der Waals surface area contributed by atoms with Crippen molar-refractivity contribution in [1.82, 2.24) is 9.47 Å². The minimum Gasteiger partial charge on any atom is -0.488 e. The van der Waals surface area contributed by atoms with Crippen LogP contribution in [-0.4, -0.2) is 34.7 Å². The van der Waals surface area contributed by atoms with Gasteiger partial charge in [-0.3, -0.25) is 4.79 Å². The van der Waals surface area contributed by atoms with E-state index in [1.165, 1.54) is 6.07 Å². The van der Waals surface area contributed by atoms with Crippen molar-refractivity contribution in [3.63, 3.8) is 0 Å². The van der Waals surface area contributed by atoms with E-state index in [0.717, 1.165) is 23.4 Å².